The predicted molar refractivity (Wildman–Crippen MR) is 103 cm³/mol. The number of rotatable bonds is 9. The molecule has 0 spiro atoms. The monoisotopic (exact) mass is 388 g/mol. The average molecular weight is 388 g/mol. The minimum absolute atomic E-state index is 0.00845. The van der Waals surface area contributed by atoms with Crippen LogP contribution in [0, 0.1) is 0 Å². The van der Waals surface area contributed by atoms with Gasteiger partial charge in [-0.1, -0.05) is 12.1 Å². The largest absolute Gasteiger partial charge is 0.460 e. The lowest BCUT2D eigenvalue weighted by molar-refractivity contribution is -0.119. The summed E-state index contributed by atoms with van der Waals surface area (Å²) in [7, 11) is 3.08. The van der Waals surface area contributed by atoms with E-state index < -0.39 is 0 Å². The van der Waals surface area contributed by atoms with E-state index in [1.165, 1.54) is 7.11 Å². The number of methoxy groups -OCH3 is 2. The Hall–Kier alpha value is -2.75. The van der Waals surface area contributed by atoms with E-state index in [2.05, 4.69) is 15.4 Å². The van der Waals surface area contributed by atoms with Crippen LogP contribution in [0.5, 0.6) is 6.01 Å². The van der Waals surface area contributed by atoms with Crippen molar-refractivity contribution in [2.24, 2.45) is 0 Å². The number of carbonyl (C=O) groups is 1. The van der Waals surface area contributed by atoms with E-state index in [0.717, 1.165) is 10.6 Å². The fourth-order valence-corrected chi connectivity index (χ4v) is 3.06. The molecule has 0 saturated carbocycles. The minimum atomic E-state index is -0.227. The van der Waals surface area contributed by atoms with E-state index in [1.54, 1.807) is 29.2 Å². The van der Waals surface area contributed by atoms with Crippen LogP contribution in [-0.4, -0.2) is 54.7 Å². The molecule has 0 fully saturated rings. The van der Waals surface area contributed by atoms with Crippen molar-refractivity contribution in [1.82, 2.24) is 14.8 Å². The molecule has 1 amide bonds. The van der Waals surface area contributed by atoms with Crippen LogP contribution in [0.15, 0.2) is 41.8 Å². The SMILES string of the molecule is COCCOc1nc(-c2cccs2)n(-c2cccc(NC(=O)COC)c2)n1. The summed E-state index contributed by atoms with van der Waals surface area (Å²) in [6, 6.07) is 11.5. The van der Waals surface area contributed by atoms with Crippen molar-refractivity contribution in [2.75, 3.05) is 39.4 Å². The van der Waals surface area contributed by atoms with E-state index in [4.69, 9.17) is 14.2 Å². The molecule has 3 rings (SSSR count). The van der Waals surface area contributed by atoms with Gasteiger partial charge in [-0.25, -0.2) is 4.68 Å². The number of anilines is 1. The predicted octanol–water partition coefficient (Wildman–Crippen LogP) is 2.61. The second kappa shape index (κ2) is 9.26. The minimum Gasteiger partial charge on any atom is -0.460 e. The van der Waals surface area contributed by atoms with Gasteiger partial charge in [-0.2, -0.15) is 4.98 Å². The molecule has 1 aromatic carbocycles. The fourth-order valence-electron chi connectivity index (χ4n) is 2.36. The standard InChI is InChI=1S/C18H20N4O4S/c1-24-8-9-26-18-20-17(15-7-4-10-27-15)22(21-18)14-6-3-5-13(11-14)19-16(23)12-25-2/h3-7,10-11H,8-9,12H2,1-2H3,(H,19,23). The Balaban J connectivity index is 1.91. The summed E-state index contributed by atoms with van der Waals surface area (Å²) in [6.07, 6.45) is 0. The number of ether oxygens (including phenoxy) is 3. The van der Waals surface area contributed by atoms with Crippen molar-refractivity contribution in [1.29, 1.82) is 0 Å². The van der Waals surface area contributed by atoms with Gasteiger partial charge in [0.25, 0.3) is 0 Å². The van der Waals surface area contributed by atoms with E-state index in [9.17, 15) is 4.79 Å². The van der Waals surface area contributed by atoms with E-state index >= 15 is 0 Å². The van der Waals surface area contributed by atoms with Gasteiger partial charge in [0, 0.05) is 19.9 Å². The van der Waals surface area contributed by atoms with Gasteiger partial charge in [0.2, 0.25) is 5.91 Å². The van der Waals surface area contributed by atoms with Crippen LogP contribution < -0.4 is 10.1 Å². The third-order valence-electron chi connectivity index (χ3n) is 3.50. The van der Waals surface area contributed by atoms with Gasteiger partial charge in [0.05, 0.1) is 17.2 Å². The lowest BCUT2D eigenvalue weighted by Crippen LogP contribution is -2.17. The molecule has 0 atom stereocenters. The van der Waals surface area contributed by atoms with Gasteiger partial charge < -0.3 is 19.5 Å². The maximum Gasteiger partial charge on any atom is 0.336 e. The van der Waals surface area contributed by atoms with Crippen molar-refractivity contribution < 1.29 is 19.0 Å². The second-order valence-corrected chi connectivity index (χ2v) is 6.43. The highest BCUT2D eigenvalue weighted by molar-refractivity contribution is 7.13. The van der Waals surface area contributed by atoms with Crippen molar-refractivity contribution in [2.45, 2.75) is 0 Å². The van der Waals surface area contributed by atoms with Crippen LogP contribution in [0.4, 0.5) is 5.69 Å². The van der Waals surface area contributed by atoms with Crippen molar-refractivity contribution >= 4 is 22.9 Å². The molecule has 0 unspecified atom stereocenters. The number of nitrogens with zero attached hydrogens (tertiary/aromatic N) is 3. The first-order chi connectivity index (χ1) is 13.2. The van der Waals surface area contributed by atoms with Crippen LogP contribution in [0.3, 0.4) is 0 Å². The Bertz CT molecular complexity index is 879. The van der Waals surface area contributed by atoms with Gasteiger partial charge in [-0.05, 0) is 29.6 Å². The molecule has 0 radical (unpaired) electrons. The summed E-state index contributed by atoms with van der Waals surface area (Å²) in [5.74, 6) is 0.438. The Kier molecular flexibility index (Phi) is 6.53. The molecule has 0 aliphatic rings. The number of amides is 1. The molecule has 8 nitrogen and oxygen atoms in total. The summed E-state index contributed by atoms with van der Waals surface area (Å²) >= 11 is 1.56. The first-order valence-corrected chi connectivity index (χ1v) is 9.11. The smallest absolute Gasteiger partial charge is 0.336 e. The van der Waals surface area contributed by atoms with Crippen molar-refractivity contribution in [3.63, 3.8) is 0 Å². The van der Waals surface area contributed by atoms with Crippen LogP contribution >= 0.6 is 11.3 Å². The van der Waals surface area contributed by atoms with Gasteiger partial charge in [-0.3, -0.25) is 4.79 Å². The molecular formula is C18H20N4O4S. The number of benzene rings is 1. The van der Waals surface area contributed by atoms with Crippen LogP contribution in [0.2, 0.25) is 0 Å². The lowest BCUT2D eigenvalue weighted by Gasteiger charge is -2.08. The fraction of sp³-hybridized carbons (Fsp3) is 0.278. The Labute approximate surface area is 160 Å². The Morgan fingerprint density at radius 3 is 2.81 bits per heavy atom. The topological polar surface area (TPSA) is 87.5 Å². The van der Waals surface area contributed by atoms with Crippen LogP contribution in [0.1, 0.15) is 0 Å². The van der Waals surface area contributed by atoms with Crippen molar-refractivity contribution in [3.05, 3.63) is 41.8 Å². The summed E-state index contributed by atoms with van der Waals surface area (Å²) in [5, 5.41) is 9.22. The average Bonchev–Trinajstić information content (AvgIpc) is 3.32. The summed E-state index contributed by atoms with van der Waals surface area (Å²) in [5.41, 5.74) is 1.40. The van der Waals surface area contributed by atoms with E-state index in [-0.39, 0.29) is 18.5 Å². The summed E-state index contributed by atoms with van der Waals surface area (Å²) < 4.78 is 17.1. The molecule has 3 aromatic rings. The van der Waals surface area contributed by atoms with E-state index in [1.807, 2.05) is 35.7 Å². The molecule has 1 N–H and O–H groups in total. The molecule has 0 bridgehead atoms. The van der Waals surface area contributed by atoms with Gasteiger partial charge in [0.1, 0.15) is 13.2 Å². The third kappa shape index (κ3) is 4.91. The third-order valence-corrected chi connectivity index (χ3v) is 4.36. The molecule has 0 aliphatic carbocycles. The molecule has 9 heteroatoms. The zero-order chi connectivity index (χ0) is 19.1. The highest BCUT2D eigenvalue weighted by Crippen LogP contribution is 2.28. The van der Waals surface area contributed by atoms with Gasteiger partial charge in [0.15, 0.2) is 5.82 Å². The maximum atomic E-state index is 11.8. The molecule has 0 saturated heterocycles. The quantitative estimate of drug-likeness (QED) is 0.567. The zero-order valence-corrected chi connectivity index (χ0v) is 15.9. The zero-order valence-electron chi connectivity index (χ0n) is 15.0. The van der Waals surface area contributed by atoms with Gasteiger partial charge in [-0.15, -0.1) is 16.4 Å². The summed E-state index contributed by atoms with van der Waals surface area (Å²) in [6.45, 7) is 0.798. The van der Waals surface area contributed by atoms with Crippen molar-refractivity contribution in [3.8, 4) is 22.4 Å². The lowest BCUT2D eigenvalue weighted by atomic mass is 10.2. The number of aromatic nitrogens is 3. The number of thiophene rings is 1. The molecule has 142 valence electrons. The first-order valence-electron chi connectivity index (χ1n) is 8.23. The molecular weight excluding hydrogens is 368 g/mol. The normalized spacial score (nSPS) is 10.7. The molecule has 2 heterocycles. The summed E-state index contributed by atoms with van der Waals surface area (Å²) in [4.78, 5) is 17.2. The van der Waals surface area contributed by atoms with E-state index in [0.29, 0.717) is 24.7 Å². The maximum absolute atomic E-state index is 11.8. The number of hydrogen-bond acceptors (Lipinski definition) is 7. The molecule has 27 heavy (non-hydrogen) atoms. The number of nitrogens with one attached hydrogen (secondary N) is 1. The Morgan fingerprint density at radius 2 is 2.07 bits per heavy atom. The second-order valence-electron chi connectivity index (χ2n) is 5.48. The van der Waals surface area contributed by atoms with Gasteiger partial charge >= 0.3 is 6.01 Å². The van der Waals surface area contributed by atoms with Crippen LogP contribution in [-0.2, 0) is 14.3 Å². The first kappa shape index (κ1) is 19.0. The highest BCUT2D eigenvalue weighted by atomic mass is 32.1. The number of hydrogen-bond donors (Lipinski definition) is 1. The van der Waals surface area contributed by atoms with Crippen LogP contribution in [0.25, 0.3) is 16.4 Å². The molecule has 2 aromatic heterocycles. The molecule has 0 aliphatic heterocycles. The number of carbonyl (C=O) groups excluding carboxylic acids is 1. The highest BCUT2D eigenvalue weighted by Gasteiger charge is 2.16. The Morgan fingerprint density at radius 1 is 1.19 bits per heavy atom.